The fourth-order valence-corrected chi connectivity index (χ4v) is 6.49. The Balaban J connectivity index is 2.24. The third-order valence-electron chi connectivity index (χ3n) is 1.51. The van der Waals surface area contributed by atoms with Gasteiger partial charge in [0.05, 0.1) is 9.06 Å². The molecule has 0 spiro atoms. The van der Waals surface area contributed by atoms with E-state index in [0.29, 0.717) is 10.5 Å². The van der Waals surface area contributed by atoms with Crippen molar-refractivity contribution in [2.45, 2.75) is 10.5 Å². The predicted octanol–water partition coefficient (Wildman–Crippen LogP) is 4.41. The lowest BCUT2D eigenvalue weighted by Crippen LogP contribution is -2.07. The zero-order valence-electron chi connectivity index (χ0n) is 5.18. The molecule has 2 rings (SSSR count). The second kappa shape index (κ2) is 3.40. The summed E-state index contributed by atoms with van der Waals surface area (Å²) in [4.78, 5) is 0. The maximum absolute atomic E-state index is 3.58. The van der Waals surface area contributed by atoms with E-state index < -0.39 is 0 Å². The first-order chi connectivity index (χ1) is 5.18. The Hall–Kier alpha value is 1.62. The molecule has 5 heteroatoms. The minimum atomic E-state index is 0.587. The molecule has 0 amide bonds. The number of fused-ring (bicyclic) bond motifs is 1. The van der Waals surface area contributed by atoms with Crippen LogP contribution in [0.15, 0.2) is 18.2 Å². The van der Waals surface area contributed by atoms with Gasteiger partial charge in [0.2, 0.25) is 0 Å². The molecule has 2 heterocycles. The maximum Gasteiger partial charge on any atom is 0.0622 e. The molecule has 60 valence electrons. The Bertz CT molecular complexity index is 259. The summed E-state index contributed by atoms with van der Waals surface area (Å²) in [5.41, 5.74) is 0. The van der Waals surface area contributed by atoms with Crippen LogP contribution in [0.25, 0.3) is 0 Å². The van der Waals surface area contributed by atoms with Gasteiger partial charge in [0.25, 0.3) is 0 Å². The van der Waals surface area contributed by atoms with Crippen LogP contribution in [0.5, 0.6) is 0 Å². The van der Waals surface area contributed by atoms with Gasteiger partial charge in [0.15, 0.2) is 0 Å². The summed E-state index contributed by atoms with van der Waals surface area (Å²) in [5, 5.41) is 1.20. The van der Waals surface area contributed by atoms with Crippen molar-refractivity contribution in [2.24, 2.45) is 0 Å². The first kappa shape index (κ1) is 9.19. The van der Waals surface area contributed by atoms with Crippen molar-refractivity contribution in [1.82, 2.24) is 0 Å². The SMILES string of the molecule is BrC1=CC2SC(Br)=C(Br)C2S1. The van der Waals surface area contributed by atoms with Gasteiger partial charge < -0.3 is 0 Å². The monoisotopic (exact) mass is 376 g/mol. The van der Waals surface area contributed by atoms with Crippen molar-refractivity contribution in [3.05, 3.63) is 18.2 Å². The molecule has 2 aliphatic heterocycles. The van der Waals surface area contributed by atoms with Gasteiger partial charge in [-0.3, -0.25) is 0 Å². The maximum atomic E-state index is 3.58. The van der Waals surface area contributed by atoms with Crippen molar-refractivity contribution in [1.29, 1.82) is 0 Å². The smallest absolute Gasteiger partial charge is 0.0622 e. The number of rotatable bonds is 0. The summed E-state index contributed by atoms with van der Waals surface area (Å²) >= 11 is 14.3. The van der Waals surface area contributed by atoms with E-state index in [2.05, 4.69) is 53.9 Å². The van der Waals surface area contributed by atoms with Crippen LogP contribution in [0, 0.1) is 0 Å². The minimum absolute atomic E-state index is 0.587. The highest BCUT2D eigenvalue weighted by molar-refractivity contribution is 9.16. The molecule has 0 saturated carbocycles. The highest BCUT2D eigenvalue weighted by atomic mass is 79.9. The third kappa shape index (κ3) is 1.64. The zero-order chi connectivity index (χ0) is 8.01. The van der Waals surface area contributed by atoms with Crippen LogP contribution in [0.4, 0.5) is 0 Å². The van der Waals surface area contributed by atoms with E-state index in [-0.39, 0.29) is 0 Å². The number of hydrogen-bond donors (Lipinski definition) is 0. The number of hydrogen-bond acceptors (Lipinski definition) is 2. The second-order valence-electron chi connectivity index (χ2n) is 2.21. The molecule has 0 nitrogen and oxygen atoms in total. The van der Waals surface area contributed by atoms with Gasteiger partial charge in [-0.2, -0.15) is 0 Å². The van der Waals surface area contributed by atoms with Gasteiger partial charge >= 0.3 is 0 Å². The van der Waals surface area contributed by atoms with Crippen molar-refractivity contribution < 1.29 is 0 Å². The number of halogens is 3. The zero-order valence-corrected chi connectivity index (χ0v) is 11.6. The van der Waals surface area contributed by atoms with Crippen LogP contribution in [0.2, 0.25) is 0 Å². The fraction of sp³-hybridized carbons (Fsp3) is 0.333. The molecular formula is C6H3Br3S2. The quantitative estimate of drug-likeness (QED) is 0.612. The van der Waals surface area contributed by atoms with Crippen LogP contribution < -0.4 is 0 Å². The lowest BCUT2D eigenvalue weighted by Gasteiger charge is -2.05. The Morgan fingerprint density at radius 3 is 2.55 bits per heavy atom. The molecule has 0 bridgehead atoms. The van der Waals surface area contributed by atoms with Crippen LogP contribution in [0.1, 0.15) is 0 Å². The Morgan fingerprint density at radius 2 is 1.91 bits per heavy atom. The Morgan fingerprint density at radius 1 is 1.18 bits per heavy atom. The normalized spacial score (nSPS) is 36.1. The van der Waals surface area contributed by atoms with Crippen LogP contribution in [-0.2, 0) is 0 Å². The first-order valence-corrected chi connectivity index (χ1v) is 7.08. The Labute approximate surface area is 99.0 Å². The minimum Gasteiger partial charge on any atom is -0.109 e. The van der Waals surface area contributed by atoms with Crippen molar-refractivity contribution in [3.63, 3.8) is 0 Å². The van der Waals surface area contributed by atoms with E-state index in [1.54, 1.807) is 0 Å². The molecule has 0 radical (unpaired) electrons. The van der Waals surface area contributed by atoms with Crippen LogP contribution >= 0.6 is 71.3 Å². The van der Waals surface area contributed by atoms with Crippen molar-refractivity contribution >= 4 is 71.3 Å². The molecule has 0 aliphatic carbocycles. The average molecular weight is 379 g/mol. The summed E-state index contributed by atoms with van der Waals surface area (Å²) in [5.74, 6) is 0. The Kier molecular flexibility index (Phi) is 2.84. The van der Waals surface area contributed by atoms with Crippen LogP contribution in [-0.4, -0.2) is 10.5 Å². The van der Waals surface area contributed by atoms with Gasteiger partial charge in [-0.15, -0.1) is 23.5 Å². The van der Waals surface area contributed by atoms with Gasteiger partial charge in [-0.25, -0.2) is 0 Å². The predicted molar refractivity (Wildman–Crippen MR) is 64.6 cm³/mol. The van der Waals surface area contributed by atoms with E-state index >= 15 is 0 Å². The second-order valence-corrected chi connectivity index (χ2v) is 8.14. The van der Waals surface area contributed by atoms with Gasteiger partial charge in [0, 0.05) is 13.5 Å². The van der Waals surface area contributed by atoms with E-state index in [9.17, 15) is 0 Å². The molecular weight excluding hydrogens is 376 g/mol. The topological polar surface area (TPSA) is 0 Å². The molecule has 0 aromatic carbocycles. The molecule has 0 aromatic heterocycles. The van der Waals surface area contributed by atoms with E-state index in [0.717, 1.165) is 0 Å². The summed E-state index contributed by atoms with van der Waals surface area (Å²) < 4.78 is 3.80. The van der Waals surface area contributed by atoms with E-state index in [1.165, 1.54) is 12.1 Å². The van der Waals surface area contributed by atoms with Crippen molar-refractivity contribution in [3.8, 4) is 0 Å². The molecule has 2 unspecified atom stereocenters. The summed E-state index contributed by atoms with van der Waals surface area (Å²) in [6.45, 7) is 0. The lowest BCUT2D eigenvalue weighted by atomic mass is 10.3. The summed E-state index contributed by atoms with van der Waals surface area (Å²) in [7, 11) is 0. The van der Waals surface area contributed by atoms with Crippen molar-refractivity contribution in [2.75, 3.05) is 0 Å². The molecule has 0 aromatic rings. The third-order valence-corrected chi connectivity index (χ3v) is 7.73. The van der Waals surface area contributed by atoms with Crippen LogP contribution in [0.3, 0.4) is 0 Å². The molecule has 11 heavy (non-hydrogen) atoms. The van der Waals surface area contributed by atoms with Gasteiger partial charge in [0.1, 0.15) is 0 Å². The lowest BCUT2D eigenvalue weighted by molar-refractivity contribution is 1.13. The molecule has 2 atom stereocenters. The highest BCUT2D eigenvalue weighted by Gasteiger charge is 2.37. The highest BCUT2D eigenvalue weighted by Crippen LogP contribution is 2.55. The first-order valence-electron chi connectivity index (χ1n) is 2.94. The van der Waals surface area contributed by atoms with E-state index in [1.807, 2.05) is 23.5 Å². The largest absolute Gasteiger partial charge is 0.109 e. The molecule has 2 aliphatic rings. The fourth-order valence-electron chi connectivity index (χ4n) is 1.02. The average Bonchev–Trinajstić information content (AvgIpc) is 2.37. The summed E-state index contributed by atoms with van der Waals surface area (Å²) in [6.07, 6.45) is 2.26. The molecule has 0 saturated heterocycles. The van der Waals surface area contributed by atoms with E-state index in [4.69, 9.17) is 0 Å². The van der Waals surface area contributed by atoms with Gasteiger partial charge in [-0.05, 0) is 37.9 Å². The van der Waals surface area contributed by atoms with Gasteiger partial charge in [-0.1, -0.05) is 15.9 Å². The molecule has 0 fully saturated rings. The summed E-state index contributed by atoms with van der Waals surface area (Å²) in [6, 6.07) is 0. The molecule has 0 N–H and O–H groups in total. The number of thioether (sulfide) groups is 2. The standard InChI is InChI=1S/C6H3Br3S2/c7-3-1-2-5(11-3)4(8)6(9)10-2/h1-2,5H.